The number of nitrogens with one attached hydrogen (secondary N) is 2. The maximum absolute atomic E-state index is 11.7. The summed E-state index contributed by atoms with van der Waals surface area (Å²) in [5.41, 5.74) is 14.3. The third-order valence-corrected chi connectivity index (χ3v) is 6.35. The number of nitrogens with zero attached hydrogens (tertiary/aromatic N) is 1. The third-order valence-electron chi connectivity index (χ3n) is 6.35. The maximum Gasteiger partial charge on any atom is 0.514 e. The van der Waals surface area contributed by atoms with Crippen LogP contribution in [0, 0.1) is 16.0 Å². The number of carbonyl (C=O) groups is 3. The molecule has 2 aromatic rings. The van der Waals surface area contributed by atoms with E-state index in [1.54, 1.807) is 30.7 Å². The zero-order chi connectivity index (χ0) is 31.8. The normalized spacial score (nSPS) is 12.2. The molecule has 1 aliphatic rings. The van der Waals surface area contributed by atoms with Crippen LogP contribution in [-0.4, -0.2) is 35.3 Å². The maximum atomic E-state index is 11.7. The molecular weight excluding hydrogens is 815 g/mol. The first kappa shape index (κ1) is 36.1. The van der Waals surface area contributed by atoms with Crippen LogP contribution >= 0.6 is 0 Å². The van der Waals surface area contributed by atoms with Gasteiger partial charge in [0.05, 0.1) is 4.92 Å². The standard InChI is InChI=1S/C19H19N3O7.C11H19N2O.Fm/c20-17(23)2-1-3-18(24)21-14-6-4-13(5-7-14)12-28-19(25)29-16-10-8-15(9-11-16)22(26)27;1-8(2)6-10(13-7-14)11(12)9-4-3-5-9;/h4-11H,1-3,12H2,(H2,20,23)(H,21,24);8,10H,3-6,12H2,1-2H3,(H,13,14);/q;-1;/t;10-;/m.0./s1. The van der Waals surface area contributed by atoms with Gasteiger partial charge in [-0.2, -0.15) is 6.41 Å². The van der Waals surface area contributed by atoms with Crippen molar-refractivity contribution in [2.75, 3.05) is 5.32 Å². The molecule has 13 nitrogen and oxygen atoms in total. The second-order valence-corrected chi connectivity index (χ2v) is 10.3. The molecule has 0 heterocycles. The molecule has 1 atom stereocenters. The van der Waals surface area contributed by atoms with Crippen LogP contribution in [0.1, 0.15) is 64.4 Å². The molecule has 3 amide bonds. The topological polar surface area (TPSA) is 206 Å². The molecule has 44 heavy (non-hydrogen) atoms. The largest absolute Gasteiger partial charge is 0.523 e. The number of nitro groups is 1. The van der Waals surface area contributed by atoms with E-state index in [2.05, 4.69) is 24.5 Å². The van der Waals surface area contributed by atoms with Crippen LogP contribution in [-0.2, 0) is 25.7 Å². The first-order valence-electron chi connectivity index (χ1n) is 13.8. The van der Waals surface area contributed by atoms with E-state index in [-0.39, 0.29) is 42.8 Å². The Bertz CT molecular complexity index is 1280. The number of ether oxygens (including phenoxy) is 2. The third kappa shape index (κ3) is 13.1. The molecule has 14 heteroatoms. The van der Waals surface area contributed by atoms with Crippen molar-refractivity contribution >= 4 is 35.8 Å². The average Bonchev–Trinajstić information content (AvgIpc) is 2.91. The summed E-state index contributed by atoms with van der Waals surface area (Å²) in [7, 11) is 0. The molecule has 1 fully saturated rings. The summed E-state index contributed by atoms with van der Waals surface area (Å²) in [5.74, 6) is -0.0359. The summed E-state index contributed by atoms with van der Waals surface area (Å²) in [6.07, 6.45) is 5.83. The molecule has 1 aliphatic carbocycles. The second-order valence-electron chi connectivity index (χ2n) is 10.3. The summed E-state index contributed by atoms with van der Waals surface area (Å²) in [5, 5.41) is 15.9. The Kier molecular flexibility index (Phi) is 15.2. The number of non-ortho nitro benzene ring substituents is 1. The minimum Gasteiger partial charge on any atom is -0.523 e. The molecule has 0 spiro atoms. The summed E-state index contributed by atoms with van der Waals surface area (Å²) >= 11 is 0. The van der Waals surface area contributed by atoms with E-state index in [0.29, 0.717) is 23.6 Å². The monoisotopic (exact) mass is 853 g/mol. The van der Waals surface area contributed by atoms with Gasteiger partial charge >= 0.3 is 6.16 Å². The first-order valence-corrected chi connectivity index (χ1v) is 13.8. The van der Waals surface area contributed by atoms with Gasteiger partial charge in [-0.25, -0.2) is 4.79 Å². The predicted molar refractivity (Wildman–Crippen MR) is 159 cm³/mol. The molecule has 6 N–H and O–H groups in total. The number of nitro benzene ring substituents is 1. The fourth-order valence-corrected chi connectivity index (χ4v) is 3.93. The molecule has 2 aromatic carbocycles. The number of nitrogens with two attached hydrogens (primary N) is 2. The predicted octanol–water partition coefficient (Wildman–Crippen LogP) is 4.36. The molecule has 3 rings (SSSR count). The number of benzene rings is 2. The van der Waals surface area contributed by atoms with Gasteiger partial charge in [0.25, 0.3) is 5.69 Å². The Labute approximate surface area is 250 Å². The molecule has 0 saturated heterocycles. The zero-order valence-electron chi connectivity index (χ0n) is 24.6. The van der Waals surface area contributed by atoms with Gasteiger partial charge in [0.2, 0.25) is 11.8 Å². The Morgan fingerprint density at radius 3 is 2.16 bits per heavy atom. The Balaban J connectivity index is 0.000000543. The summed E-state index contributed by atoms with van der Waals surface area (Å²) in [4.78, 5) is 54.4. The molecule has 244 valence electrons. The molecule has 0 radical (unpaired) electrons. The van der Waals surface area contributed by atoms with Crippen LogP contribution < -0.4 is 26.8 Å². The number of hydrogen-bond acceptors (Lipinski definition) is 9. The van der Waals surface area contributed by atoms with E-state index in [4.69, 9.17) is 20.9 Å². The SMILES string of the molecule is CC(C)C[C@H](N[C-]=O)C(N)=C1CCC1.NC(=O)CCCC(=O)Nc1ccc(COC(=O)Oc2ccc([N+](=O)[O-])cc2)cc1.[Fm]. The van der Waals surface area contributed by atoms with E-state index < -0.39 is 17.0 Å². The van der Waals surface area contributed by atoms with Crippen LogP contribution in [0.25, 0.3) is 0 Å². The Morgan fingerprint density at radius 2 is 1.66 bits per heavy atom. The van der Waals surface area contributed by atoms with Crippen molar-refractivity contribution in [1.29, 1.82) is 0 Å². The summed E-state index contributed by atoms with van der Waals surface area (Å²) in [6, 6.07) is 11.6. The minimum absolute atomic E-state index is 0. The zero-order valence-corrected chi connectivity index (χ0v) is 27.0. The van der Waals surface area contributed by atoms with E-state index in [9.17, 15) is 29.3 Å². The molecule has 1 saturated carbocycles. The van der Waals surface area contributed by atoms with Crippen molar-refractivity contribution in [3.63, 3.8) is 0 Å². The first-order chi connectivity index (χ1) is 20.5. The molecule has 0 bridgehead atoms. The summed E-state index contributed by atoms with van der Waals surface area (Å²) < 4.78 is 9.91. The van der Waals surface area contributed by atoms with Gasteiger partial charge in [-0.1, -0.05) is 26.0 Å². The average molecular weight is 854 g/mol. The fourth-order valence-electron chi connectivity index (χ4n) is 3.93. The van der Waals surface area contributed by atoms with Crippen LogP contribution in [0.4, 0.5) is 16.2 Å². The van der Waals surface area contributed by atoms with Gasteiger partial charge < -0.3 is 36.4 Å². The second kappa shape index (κ2) is 18.5. The van der Waals surface area contributed by atoms with Crippen LogP contribution in [0.2, 0.25) is 0 Å². The quantitative estimate of drug-likeness (QED) is 0.0532. The van der Waals surface area contributed by atoms with Crippen molar-refractivity contribution in [3.8, 4) is 5.75 Å². The van der Waals surface area contributed by atoms with Crippen LogP contribution in [0.3, 0.4) is 0 Å². The van der Waals surface area contributed by atoms with Crippen molar-refractivity contribution in [2.45, 2.75) is 71.4 Å². The number of primary amides is 1. The molecule has 0 aliphatic heterocycles. The van der Waals surface area contributed by atoms with Gasteiger partial charge in [-0.3, -0.25) is 19.7 Å². The van der Waals surface area contributed by atoms with Gasteiger partial charge in [0.1, 0.15) is 12.4 Å². The fraction of sp³-hybridized carbons (Fsp3) is 0.400. The minimum atomic E-state index is -0.953. The number of amides is 3. The van der Waals surface area contributed by atoms with Gasteiger partial charge in [-0.15, -0.1) is 0 Å². The summed E-state index contributed by atoms with van der Waals surface area (Å²) in [6.45, 7) is 4.19. The van der Waals surface area contributed by atoms with Crippen molar-refractivity contribution in [2.24, 2.45) is 17.4 Å². The number of anilines is 1. The number of hydrogen-bond donors (Lipinski definition) is 4. The van der Waals surface area contributed by atoms with Crippen molar-refractivity contribution < 1.29 is 33.6 Å². The number of allylic oxidation sites excluding steroid dienone is 1. The van der Waals surface area contributed by atoms with E-state index in [0.717, 1.165) is 25.0 Å². The van der Waals surface area contributed by atoms with Gasteiger partial charge in [0.15, 0.2) is 0 Å². The molecular formula is C30H38FmN5O8-. The molecule has 0 aromatic heterocycles. The smallest absolute Gasteiger partial charge is 0.514 e. The van der Waals surface area contributed by atoms with Gasteiger partial charge in [-0.05, 0) is 73.4 Å². The van der Waals surface area contributed by atoms with E-state index in [1.165, 1.54) is 36.3 Å². The van der Waals surface area contributed by atoms with Crippen LogP contribution in [0.15, 0.2) is 59.8 Å². The van der Waals surface area contributed by atoms with Crippen molar-refractivity contribution in [3.05, 3.63) is 75.5 Å². The Morgan fingerprint density at radius 1 is 1.02 bits per heavy atom. The number of rotatable bonds is 14. The van der Waals surface area contributed by atoms with Crippen LogP contribution in [0.5, 0.6) is 5.75 Å². The Hall–Kier alpha value is -5.94. The van der Waals surface area contributed by atoms with Crippen molar-refractivity contribution in [1.82, 2.24) is 5.32 Å². The molecule has 0 unspecified atom stereocenters. The van der Waals surface area contributed by atoms with Gasteiger partial charge in [0, 0.05) is 42.4 Å². The van der Waals surface area contributed by atoms with E-state index >= 15 is 0 Å². The number of carbonyl (C=O) groups excluding carboxylic acids is 4. The van der Waals surface area contributed by atoms with E-state index in [1.807, 2.05) is 0 Å².